The Morgan fingerprint density at radius 2 is 1.93 bits per heavy atom. The number of benzene rings is 2. The van der Waals surface area contributed by atoms with E-state index in [4.69, 9.17) is 4.74 Å². The molecule has 1 N–H and O–H groups in total. The molecule has 0 aliphatic rings. The van der Waals surface area contributed by atoms with Gasteiger partial charge in [0, 0.05) is 29.5 Å². The standard InChI is InChI=1S/C20H17F3N2O2S/c1-27-16-7-5-13(6-8-16)17-12-28-18(25-17)9-10-24-19(26)14-3-2-4-15(11-14)20(21,22)23/h2-8,11-12H,9-10H2,1H3,(H,24,26). The molecule has 2 aromatic carbocycles. The molecule has 0 aliphatic carbocycles. The van der Waals surface area contributed by atoms with E-state index < -0.39 is 17.6 Å². The highest BCUT2D eigenvalue weighted by Gasteiger charge is 2.30. The summed E-state index contributed by atoms with van der Waals surface area (Å²) >= 11 is 1.47. The van der Waals surface area contributed by atoms with Gasteiger partial charge in [-0.15, -0.1) is 11.3 Å². The fourth-order valence-electron chi connectivity index (χ4n) is 2.54. The van der Waals surface area contributed by atoms with Crippen LogP contribution in [0.15, 0.2) is 53.9 Å². The molecule has 1 heterocycles. The molecule has 0 radical (unpaired) electrons. The average molecular weight is 406 g/mol. The summed E-state index contributed by atoms with van der Waals surface area (Å²) in [5.41, 5.74) is 0.917. The van der Waals surface area contributed by atoms with E-state index >= 15 is 0 Å². The topological polar surface area (TPSA) is 51.2 Å². The summed E-state index contributed by atoms with van der Waals surface area (Å²) in [5.74, 6) is 0.217. The van der Waals surface area contributed by atoms with E-state index in [0.29, 0.717) is 6.42 Å². The maximum atomic E-state index is 12.7. The number of rotatable bonds is 6. The van der Waals surface area contributed by atoms with Crippen molar-refractivity contribution in [2.45, 2.75) is 12.6 Å². The van der Waals surface area contributed by atoms with Gasteiger partial charge in [-0.1, -0.05) is 6.07 Å². The van der Waals surface area contributed by atoms with Crippen molar-refractivity contribution >= 4 is 17.2 Å². The van der Waals surface area contributed by atoms with Crippen LogP contribution in [-0.2, 0) is 12.6 Å². The van der Waals surface area contributed by atoms with Crippen molar-refractivity contribution < 1.29 is 22.7 Å². The van der Waals surface area contributed by atoms with Gasteiger partial charge in [-0.3, -0.25) is 4.79 Å². The lowest BCUT2D eigenvalue weighted by atomic mass is 10.1. The number of thiazole rings is 1. The quantitative estimate of drug-likeness (QED) is 0.639. The lowest BCUT2D eigenvalue weighted by Gasteiger charge is -2.09. The number of amides is 1. The zero-order valence-corrected chi connectivity index (χ0v) is 15.7. The number of nitrogens with zero attached hydrogens (tertiary/aromatic N) is 1. The Balaban J connectivity index is 1.57. The van der Waals surface area contributed by atoms with E-state index in [9.17, 15) is 18.0 Å². The van der Waals surface area contributed by atoms with Gasteiger partial charge in [-0.05, 0) is 42.5 Å². The number of ether oxygens (including phenoxy) is 1. The Morgan fingerprint density at radius 3 is 2.61 bits per heavy atom. The number of carbonyl (C=O) groups is 1. The summed E-state index contributed by atoms with van der Waals surface area (Å²) in [4.78, 5) is 16.6. The molecule has 4 nitrogen and oxygen atoms in total. The second kappa shape index (κ2) is 8.43. The number of nitrogens with one attached hydrogen (secondary N) is 1. The first kappa shape index (κ1) is 19.9. The van der Waals surface area contributed by atoms with E-state index in [1.165, 1.54) is 23.5 Å². The summed E-state index contributed by atoms with van der Waals surface area (Å²) in [5, 5.41) is 5.39. The van der Waals surface area contributed by atoms with Crippen LogP contribution < -0.4 is 10.1 Å². The maximum absolute atomic E-state index is 12.7. The Morgan fingerprint density at radius 1 is 1.18 bits per heavy atom. The molecule has 146 valence electrons. The van der Waals surface area contributed by atoms with Crippen molar-refractivity contribution in [3.63, 3.8) is 0 Å². The molecular weight excluding hydrogens is 389 g/mol. The average Bonchev–Trinajstić information content (AvgIpc) is 3.16. The van der Waals surface area contributed by atoms with Crippen molar-refractivity contribution in [1.29, 1.82) is 0 Å². The third kappa shape index (κ3) is 4.89. The van der Waals surface area contributed by atoms with Gasteiger partial charge in [0.2, 0.25) is 0 Å². The molecule has 3 aromatic rings. The largest absolute Gasteiger partial charge is 0.497 e. The van der Waals surface area contributed by atoms with Crippen molar-refractivity contribution in [3.05, 3.63) is 70.0 Å². The second-order valence-electron chi connectivity index (χ2n) is 5.94. The number of aromatic nitrogens is 1. The molecular formula is C20H17F3N2O2S. The minimum absolute atomic E-state index is 0.0205. The third-order valence-electron chi connectivity index (χ3n) is 4.01. The molecule has 28 heavy (non-hydrogen) atoms. The molecule has 1 amide bonds. The van der Waals surface area contributed by atoms with Crippen LogP contribution in [-0.4, -0.2) is 24.5 Å². The zero-order valence-electron chi connectivity index (χ0n) is 14.9. The van der Waals surface area contributed by atoms with Gasteiger partial charge in [-0.25, -0.2) is 4.98 Å². The molecule has 0 saturated heterocycles. The van der Waals surface area contributed by atoms with Crippen LogP contribution >= 0.6 is 11.3 Å². The van der Waals surface area contributed by atoms with Crippen molar-refractivity contribution in [2.24, 2.45) is 0 Å². The molecule has 0 bridgehead atoms. The minimum atomic E-state index is -4.48. The van der Waals surface area contributed by atoms with Gasteiger partial charge in [-0.2, -0.15) is 13.2 Å². The highest BCUT2D eigenvalue weighted by atomic mass is 32.1. The molecule has 3 rings (SSSR count). The summed E-state index contributed by atoms with van der Waals surface area (Å²) in [7, 11) is 1.60. The number of alkyl halides is 3. The maximum Gasteiger partial charge on any atom is 0.416 e. The molecule has 0 aliphatic heterocycles. The first-order valence-corrected chi connectivity index (χ1v) is 9.29. The van der Waals surface area contributed by atoms with Crippen LogP contribution in [0.25, 0.3) is 11.3 Å². The predicted molar refractivity (Wildman–Crippen MR) is 102 cm³/mol. The van der Waals surface area contributed by atoms with Crippen LogP contribution in [0.4, 0.5) is 13.2 Å². The fourth-order valence-corrected chi connectivity index (χ4v) is 3.35. The molecule has 8 heteroatoms. The zero-order chi connectivity index (χ0) is 20.1. The number of halogens is 3. The minimum Gasteiger partial charge on any atom is -0.497 e. The number of hydrogen-bond donors (Lipinski definition) is 1. The van der Waals surface area contributed by atoms with Crippen LogP contribution in [0.2, 0.25) is 0 Å². The number of carbonyl (C=O) groups excluding carboxylic acids is 1. The van der Waals surface area contributed by atoms with Crippen LogP contribution in [0.3, 0.4) is 0 Å². The van der Waals surface area contributed by atoms with E-state index in [0.717, 1.165) is 34.1 Å². The number of methoxy groups -OCH3 is 1. The monoisotopic (exact) mass is 406 g/mol. The molecule has 0 fully saturated rings. The van der Waals surface area contributed by atoms with Crippen molar-refractivity contribution in [2.75, 3.05) is 13.7 Å². The first-order valence-electron chi connectivity index (χ1n) is 8.41. The van der Waals surface area contributed by atoms with E-state index in [1.54, 1.807) is 7.11 Å². The van der Waals surface area contributed by atoms with Gasteiger partial charge >= 0.3 is 6.18 Å². The van der Waals surface area contributed by atoms with Gasteiger partial charge in [0.25, 0.3) is 5.91 Å². The van der Waals surface area contributed by atoms with Crippen molar-refractivity contribution in [1.82, 2.24) is 10.3 Å². The SMILES string of the molecule is COc1ccc(-c2csc(CCNC(=O)c3cccc(C(F)(F)F)c3)n2)cc1. The van der Waals surface area contributed by atoms with Gasteiger partial charge in [0.05, 0.1) is 23.4 Å². The number of hydrogen-bond acceptors (Lipinski definition) is 4. The smallest absolute Gasteiger partial charge is 0.416 e. The normalized spacial score (nSPS) is 11.3. The summed E-state index contributed by atoms with van der Waals surface area (Å²) in [6.45, 7) is 0.282. The van der Waals surface area contributed by atoms with Crippen LogP contribution in [0, 0.1) is 0 Å². The lowest BCUT2D eigenvalue weighted by Crippen LogP contribution is -2.26. The van der Waals surface area contributed by atoms with Crippen molar-refractivity contribution in [3.8, 4) is 17.0 Å². The fraction of sp³-hybridized carbons (Fsp3) is 0.200. The summed E-state index contributed by atoms with van der Waals surface area (Å²) in [6.07, 6.45) is -3.99. The van der Waals surface area contributed by atoms with E-state index in [2.05, 4.69) is 10.3 Å². The lowest BCUT2D eigenvalue weighted by molar-refractivity contribution is -0.137. The van der Waals surface area contributed by atoms with E-state index in [1.807, 2.05) is 29.6 Å². The molecule has 0 saturated carbocycles. The molecule has 0 unspecified atom stereocenters. The predicted octanol–water partition coefficient (Wildman–Crippen LogP) is 4.81. The van der Waals surface area contributed by atoms with Gasteiger partial charge in [0.1, 0.15) is 5.75 Å². The Labute approximate surface area is 164 Å². The van der Waals surface area contributed by atoms with Crippen LogP contribution in [0.1, 0.15) is 20.9 Å². The molecule has 0 spiro atoms. The van der Waals surface area contributed by atoms with Gasteiger partial charge in [0.15, 0.2) is 0 Å². The summed E-state index contributed by atoms with van der Waals surface area (Å²) in [6, 6.07) is 11.9. The molecule has 1 aromatic heterocycles. The third-order valence-corrected chi connectivity index (χ3v) is 4.92. The van der Waals surface area contributed by atoms with Gasteiger partial charge < -0.3 is 10.1 Å². The highest BCUT2D eigenvalue weighted by Crippen LogP contribution is 2.29. The first-order chi connectivity index (χ1) is 13.4. The van der Waals surface area contributed by atoms with Crippen LogP contribution in [0.5, 0.6) is 5.75 Å². The Bertz CT molecular complexity index is 953. The summed E-state index contributed by atoms with van der Waals surface area (Å²) < 4.78 is 43.4. The Hall–Kier alpha value is -2.87. The second-order valence-corrected chi connectivity index (χ2v) is 6.88. The molecule has 0 atom stereocenters. The Kier molecular flexibility index (Phi) is 5.99. The van der Waals surface area contributed by atoms with E-state index in [-0.39, 0.29) is 12.1 Å². The highest BCUT2D eigenvalue weighted by molar-refractivity contribution is 7.09.